The van der Waals surface area contributed by atoms with E-state index < -0.39 is 0 Å². The van der Waals surface area contributed by atoms with Gasteiger partial charge in [0.05, 0.1) is 0 Å². The van der Waals surface area contributed by atoms with Crippen LogP contribution in [0, 0.1) is 5.92 Å². The first-order valence-corrected chi connectivity index (χ1v) is 6.25. The zero-order valence-corrected chi connectivity index (χ0v) is 10.9. The Labute approximate surface area is 108 Å². The highest BCUT2D eigenvalue weighted by Gasteiger charge is 2.11. The van der Waals surface area contributed by atoms with Crippen LogP contribution in [0.25, 0.3) is 0 Å². The number of hydrogen-bond donors (Lipinski definition) is 2. The first-order valence-electron chi connectivity index (χ1n) is 6.25. The summed E-state index contributed by atoms with van der Waals surface area (Å²) in [5, 5.41) is 9.43. The highest BCUT2D eigenvalue weighted by Crippen LogP contribution is 2.20. The zero-order valence-electron chi connectivity index (χ0n) is 10.9. The van der Waals surface area contributed by atoms with E-state index in [0.29, 0.717) is 11.7 Å². The smallest absolute Gasteiger partial charge is 0.115 e. The summed E-state index contributed by atoms with van der Waals surface area (Å²) < 4.78 is 2.09. The highest BCUT2D eigenvalue weighted by molar-refractivity contribution is 5.28. The predicted molar refractivity (Wildman–Crippen MR) is 73.4 cm³/mol. The van der Waals surface area contributed by atoms with Crippen LogP contribution in [0.1, 0.15) is 31.0 Å². The van der Waals surface area contributed by atoms with Crippen LogP contribution >= 0.6 is 0 Å². The van der Waals surface area contributed by atoms with Gasteiger partial charge in [0.2, 0.25) is 0 Å². The van der Waals surface area contributed by atoms with Gasteiger partial charge in [0.25, 0.3) is 0 Å². The Kier molecular flexibility index (Phi) is 3.72. The van der Waals surface area contributed by atoms with Gasteiger partial charge in [0.15, 0.2) is 0 Å². The van der Waals surface area contributed by atoms with Gasteiger partial charge in [0, 0.05) is 25.0 Å². The maximum absolute atomic E-state index is 9.43. The lowest BCUT2D eigenvalue weighted by molar-refractivity contribution is 0.474. The molecule has 0 bridgehead atoms. The molecule has 0 radical (unpaired) electrons. The SMILES string of the molecule is CC(C)C(N)c1ccn(Cc2cccc(O)c2)c1. The number of nitrogens with two attached hydrogens (primary N) is 1. The van der Waals surface area contributed by atoms with Crippen LogP contribution in [-0.4, -0.2) is 9.67 Å². The molecule has 0 saturated carbocycles. The summed E-state index contributed by atoms with van der Waals surface area (Å²) in [6.07, 6.45) is 4.11. The highest BCUT2D eigenvalue weighted by atomic mass is 16.3. The Morgan fingerprint density at radius 3 is 2.72 bits per heavy atom. The molecule has 0 aliphatic heterocycles. The largest absolute Gasteiger partial charge is 0.508 e. The molecule has 0 aliphatic rings. The van der Waals surface area contributed by atoms with Gasteiger partial charge in [-0.1, -0.05) is 26.0 Å². The standard InChI is InChI=1S/C15H20N2O/c1-11(2)15(16)13-6-7-17(10-13)9-12-4-3-5-14(18)8-12/h3-8,10-11,15,18H,9,16H2,1-2H3. The number of phenols is 1. The average Bonchev–Trinajstić information content (AvgIpc) is 2.76. The molecule has 1 heterocycles. The maximum atomic E-state index is 9.43. The summed E-state index contributed by atoms with van der Waals surface area (Å²) in [5.41, 5.74) is 8.35. The van der Waals surface area contributed by atoms with Crippen molar-refractivity contribution in [2.24, 2.45) is 11.7 Å². The minimum absolute atomic E-state index is 0.0791. The van der Waals surface area contributed by atoms with Crippen molar-refractivity contribution in [1.29, 1.82) is 0 Å². The minimum atomic E-state index is 0.0791. The molecule has 1 aromatic carbocycles. The molecular formula is C15H20N2O. The van der Waals surface area contributed by atoms with E-state index in [-0.39, 0.29) is 6.04 Å². The average molecular weight is 244 g/mol. The Morgan fingerprint density at radius 1 is 1.28 bits per heavy atom. The number of nitrogens with zero attached hydrogens (tertiary/aromatic N) is 1. The van der Waals surface area contributed by atoms with E-state index in [1.54, 1.807) is 12.1 Å². The van der Waals surface area contributed by atoms with E-state index in [4.69, 9.17) is 5.73 Å². The van der Waals surface area contributed by atoms with Crippen molar-refractivity contribution >= 4 is 0 Å². The first-order chi connectivity index (χ1) is 8.56. The summed E-state index contributed by atoms with van der Waals surface area (Å²) in [7, 11) is 0. The van der Waals surface area contributed by atoms with Crippen molar-refractivity contribution in [1.82, 2.24) is 4.57 Å². The summed E-state index contributed by atoms with van der Waals surface area (Å²) >= 11 is 0. The molecule has 0 saturated heterocycles. The molecule has 3 nitrogen and oxygen atoms in total. The molecule has 96 valence electrons. The van der Waals surface area contributed by atoms with Crippen molar-refractivity contribution < 1.29 is 5.11 Å². The molecule has 3 N–H and O–H groups in total. The number of phenolic OH excluding ortho intramolecular Hbond substituents is 1. The Morgan fingerprint density at radius 2 is 2.06 bits per heavy atom. The van der Waals surface area contributed by atoms with Gasteiger partial charge in [0.1, 0.15) is 5.75 Å². The molecule has 3 heteroatoms. The van der Waals surface area contributed by atoms with E-state index in [1.807, 2.05) is 18.3 Å². The number of rotatable bonds is 4. The second-order valence-corrected chi connectivity index (χ2v) is 5.06. The van der Waals surface area contributed by atoms with Crippen LogP contribution in [0.5, 0.6) is 5.75 Å². The first kappa shape index (κ1) is 12.7. The Balaban J connectivity index is 2.11. The Bertz CT molecular complexity index is 517. The van der Waals surface area contributed by atoms with E-state index in [9.17, 15) is 5.11 Å². The van der Waals surface area contributed by atoms with Gasteiger partial charge in [-0.3, -0.25) is 0 Å². The number of aromatic hydroxyl groups is 1. The normalized spacial score (nSPS) is 12.9. The van der Waals surface area contributed by atoms with Crippen LogP contribution in [0.2, 0.25) is 0 Å². The van der Waals surface area contributed by atoms with Crippen LogP contribution in [-0.2, 0) is 6.54 Å². The third-order valence-electron chi connectivity index (χ3n) is 3.15. The van der Waals surface area contributed by atoms with Crippen LogP contribution in [0.4, 0.5) is 0 Å². The van der Waals surface area contributed by atoms with Crippen LogP contribution < -0.4 is 5.73 Å². The monoisotopic (exact) mass is 244 g/mol. The number of benzene rings is 1. The lowest BCUT2D eigenvalue weighted by Crippen LogP contribution is -2.15. The van der Waals surface area contributed by atoms with Gasteiger partial charge in [-0.15, -0.1) is 0 Å². The lowest BCUT2D eigenvalue weighted by atomic mass is 10.00. The van der Waals surface area contributed by atoms with Gasteiger partial charge in [-0.2, -0.15) is 0 Å². The van der Waals surface area contributed by atoms with E-state index in [2.05, 4.69) is 30.7 Å². The van der Waals surface area contributed by atoms with Gasteiger partial charge >= 0.3 is 0 Å². The van der Waals surface area contributed by atoms with E-state index in [1.165, 1.54) is 0 Å². The Hall–Kier alpha value is -1.74. The quantitative estimate of drug-likeness (QED) is 0.868. The maximum Gasteiger partial charge on any atom is 0.115 e. The second kappa shape index (κ2) is 5.27. The zero-order chi connectivity index (χ0) is 13.1. The molecular weight excluding hydrogens is 224 g/mol. The summed E-state index contributed by atoms with van der Waals surface area (Å²) in [4.78, 5) is 0. The number of hydrogen-bond acceptors (Lipinski definition) is 2. The fourth-order valence-corrected chi connectivity index (χ4v) is 2.01. The summed E-state index contributed by atoms with van der Waals surface area (Å²) in [5.74, 6) is 0.736. The lowest BCUT2D eigenvalue weighted by Gasteiger charge is -2.13. The van der Waals surface area contributed by atoms with Gasteiger partial charge in [-0.25, -0.2) is 0 Å². The minimum Gasteiger partial charge on any atom is -0.508 e. The fourth-order valence-electron chi connectivity index (χ4n) is 2.01. The van der Waals surface area contributed by atoms with E-state index in [0.717, 1.165) is 17.7 Å². The predicted octanol–water partition coefficient (Wildman–Crippen LogP) is 2.90. The topological polar surface area (TPSA) is 51.2 Å². The van der Waals surface area contributed by atoms with E-state index >= 15 is 0 Å². The molecule has 2 aromatic rings. The van der Waals surface area contributed by atoms with Crippen molar-refractivity contribution in [2.75, 3.05) is 0 Å². The van der Waals surface area contributed by atoms with Crippen molar-refractivity contribution in [3.05, 3.63) is 53.9 Å². The van der Waals surface area contributed by atoms with Crippen LogP contribution in [0.3, 0.4) is 0 Å². The van der Waals surface area contributed by atoms with Crippen molar-refractivity contribution in [3.63, 3.8) is 0 Å². The fraction of sp³-hybridized carbons (Fsp3) is 0.333. The van der Waals surface area contributed by atoms with Gasteiger partial charge < -0.3 is 15.4 Å². The molecule has 0 fully saturated rings. The molecule has 1 unspecified atom stereocenters. The van der Waals surface area contributed by atoms with Crippen molar-refractivity contribution in [3.8, 4) is 5.75 Å². The summed E-state index contributed by atoms with van der Waals surface area (Å²) in [6.45, 7) is 4.99. The molecule has 1 atom stereocenters. The van der Waals surface area contributed by atoms with Crippen LogP contribution in [0.15, 0.2) is 42.7 Å². The van der Waals surface area contributed by atoms with Gasteiger partial charge in [-0.05, 0) is 35.2 Å². The molecule has 2 rings (SSSR count). The summed E-state index contributed by atoms with van der Waals surface area (Å²) in [6, 6.07) is 9.46. The third kappa shape index (κ3) is 2.93. The third-order valence-corrected chi connectivity index (χ3v) is 3.15. The molecule has 1 aromatic heterocycles. The number of aromatic nitrogens is 1. The second-order valence-electron chi connectivity index (χ2n) is 5.06. The molecule has 0 aliphatic carbocycles. The molecule has 0 amide bonds. The van der Waals surface area contributed by atoms with Crippen molar-refractivity contribution in [2.45, 2.75) is 26.4 Å². The molecule has 0 spiro atoms. The molecule has 18 heavy (non-hydrogen) atoms.